The smallest absolute Gasteiger partial charge is 0.257 e. The van der Waals surface area contributed by atoms with Crippen molar-refractivity contribution < 1.29 is 14.0 Å². The number of nitrogens with zero attached hydrogens (tertiary/aromatic N) is 1. The van der Waals surface area contributed by atoms with Crippen LogP contribution in [-0.4, -0.2) is 35.8 Å². The van der Waals surface area contributed by atoms with Crippen molar-refractivity contribution in [3.8, 4) is 0 Å². The number of nitrogens with one attached hydrogen (secondary N) is 1. The van der Waals surface area contributed by atoms with Crippen molar-refractivity contribution in [1.82, 2.24) is 10.2 Å². The summed E-state index contributed by atoms with van der Waals surface area (Å²) in [6, 6.07) is 1.95. The van der Waals surface area contributed by atoms with Crippen LogP contribution in [0.1, 0.15) is 43.5 Å². The van der Waals surface area contributed by atoms with E-state index in [-0.39, 0.29) is 17.9 Å². The second-order valence-corrected chi connectivity index (χ2v) is 5.69. The highest BCUT2D eigenvalue weighted by atomic mass is 16.3. The van der Waals surface area contributed by atoms with E-state index in [2.05, 4.69) is 19.2 Å². The third-order valence-electron chi connectivity index (χ3n) is 3.30. The molecule has 1 aromatic heterocycles. The Morgan fingerprint density at radius 3 is 2.75 bits per heavy atom. The van der Waals surface area contributed by atoms with Gasteiger partial charge in [-0.15, -0.1) is 0 Å². The summed E-state index contributed by atoms with van der Waals surface area (Å²) in [4.78, 5) is 25.8. The van der Waals surface area contributed by atoms with Crippen LogP contribution in [0.5, 0.6) is 0 Å². The first-order chi connectivity index (χ1) is 9.58. The normalized spacial score (nSPS) is 14.3. The van der Waals surface area contributed by atoms with Gasteiger partial charge in [-0.05, 0) is 24.8 Å². The van der Waals surface area contributed by atoms with Crippen molar-refractivity contribution in [1.29, 1.82) is 0 Å². The zero-order valence-corrected chi connectivity index (χ0v) is 12.1. The number of carbonyl (C=O) groups excluding carboxylic acids is 2. The van der Waals surface area contributed by atoms with E-state index in [1.807, 2.05) is 0 Å². The second kappa shape index (κ2) is 6.59. The first kappa shape index (κ1) is 14.6. The molecule has 110 valence electrons. The number of hydrogen-bond donors (Lipinski definition) is 1. The summed E-state index contributed by atoms with van der Waals surface area (Å²) >= 11 is 0. The average Bonchev–Trinajstić information content (AvgIpc) is 3.09. The van der Waals surface area contributed by atoms with Gasteiger partial charge in [-0.25, -0.2) is 0 Å². The van der Waals surface area contributed by atoms with E-state index in [4.69, 9.17) is 4.42 Å². The number of rotatable bonds is 7. The lowest BCUT2D eigenvalue weighted by molar-refractivity contribution is -0.121. The van der Waals surface area contributed by atoms with Crippen LogP contribution >= 0.6 is 0 Å². The molecular formula is C15H22N2O3. The number of hydrogen-bond acceptors (Lipinski definition) is 3. The average molecular weight is 278 g/mol. The first-order valence-electron chi connectivity index (χ1n) is 7.17. The highest BCUT2D eigenvalue weighted by Crippen LogP contribution is 2.28. The Balaban J connectivity index is 1.84. The van der Waals surface area contributed by atoms with Gasteiger partial charge in [-0.3, -0.25) is 9.59 Å². The molecule has 0 bridgehead atoms. The Kier molecular flexibility index (Phi) is 4.82. The van der Waals surface area contributed by atoms with Crippen LogP contribution in [-0.2, 0) is 4.79 Å². The van der Waals surface area contributed by atoms with Crippen molar-refractivity contribution in [3.63, 3.8) is 0 Å². The van der Waals surface area contributed by atoms with E-state index in [0.717, 1.165) is 12.8 Å². The summed E-state index contributed by atoms with van der Waals surface area (Å²) in [5, 5.41) is 2.88. The standard InChI is InChI=1S/C15H22N2O3/c1-11(2)9-16-14(18)5-7-17(13-3-4-13)15(19)12-6-8-20-10-12/h6,8,10-11,13H,3-5,7,9H2,1-2H3,(H,16,18). The predicted molar refractivity (Wildman–Crippen MR) is 75.2 cm³/mol. The molecule has 2 amide bonds. The highest BCUT2D eigenvalue weighted by Gasteiger charge is 2.33. The molecule has 1 aromatic rings. The molecule has 0 aromatic carbocycles. The van der Waals surface area contributed by atoms with Crippen molar-refractivity contribution >= 4 is 11.8 Å². The molecule has 0 radical (unpaired) electrons. The summed E-state index contributed by atoms with van der Waals surface area (Å²) < 4.78 is 4.95. The molecule has 1 N–H and O–H groups in total. The van der Waals surface area contributed by atoms with Crippen LogP contribution in [0.2, 0.25) is 0 Å². The fraction of sp³-hybridized carbons (Fsp3) is 0.600. The molecule has 0 atom stereocenters. The SMILES string of the molecule is CC(C)CNC(=O)CCN(C(=O)c1ccoc1)C1CC1. The Morgan fingerprint density at radius 1 is 1.45 bits per heavy atom. The summed E-state index contributed by atoms with van der Waals surface area (Å²) in [6.45, 7) is 5.26. The summed E-state index contributed by atoms with van der Waals surface area (Å²) in [6.07, 6.45) is 5.35. The van der Waals surface area contributed by atoms with Gasteiger partial charge < -0.3 is 14.6 Å². The predicted octanol–water partition coefficient (Wildman–Crippen LogP) is 2.05. The van der Waals surface area contributed by atoms with Gasteiger partial charge in [0.15, 0.2) is 0 Å². The van der Waals surface area contributed by atoms with E-state index in [1.165, 1.54) is 12.5 Å². The maximum atomic E-state index is 12.3. The number of carbonyl (C=O) groups is 2. The van der Waals surface area contributed by atoms with Gasteiger partial charge >= 0.3 is 0 Å². The molecule has 2 rings (SSSR count). The van der Waals surface area contributed by atoms with Crippen LogP contribution in [0.3, 0.4) is 0 Å². The largest absolute Gasteiger partial charge is 0.472 e. The number of furan rings is 1. The Bertz CT molecular complexity index is 450. The molecule has 5 nitrogen and oxygen atoms in total. The lowest BCUT2D eigenvalue weighted by Crippen LogP contribution is -2.37. The first-order valence-corrected chi connectivity index (χ1v) is 7.17. The Labute approximate surface area is 119 Å². The molecule has 0 unspecified atom stereocenters. The van der Waals surface area contributed by atoms with Crippen molar-refractivity contribution in [2.75, 3.05) is 13.1 Å². The third kappa shape index (κ3) is 4.11. The molecule has 0 saturated heterocycles. The minimum Gasteiger partial charge on any atom is -0.472 e. The van der Waals surface area contributed by atoms with Crippen LogP contribution in [0.25, 0.3) is 0 Å². The lowest BCUT2D eigenvalue weighted by atomic mass is 10.2. The maximum Gasteiger partial charge on any atom is 0.257 e. The van der Waals surface area contributed by atoms with Crippen LogP contribution in [0, 0.1) is 5.92 Å². The molecule has 1 saturated carbocycles. The van der Waals surface area contributed by atoms with Crippen LogP contribution in [0.15, 0.2) is 23.0 Å². The summed E-state index contributed by atoms with van der Waals surface area (Å²) in [5.74, 6) is 0.397. The minimum atomic E-state index is -0.0436. The van der Waals surface area contributed by atoms with Crippen LogP contribution < -0.4 is 5.32 Å². The van der Waals surface area contributed by atoms with E-state index >= 15 is 0 Å². The number of amides is 2. The molecule has 0 spiro atoms. The summed E-state index contributed by atoms with van der Waals surface area (Å²) in [7, 11) is 0. The van der Waals surface area contributed by atoms with E-state index < -0.39 is 0 Å². The second-order valence-electron chi connectivity index (χ2n) is 5.69. The molecule has 1 aliphatic carbocycles. The van der Waals surface area contributed by atoms with Crippen LogP contribution in [0.4, 0.5) is 0 Å². The molecular weight excluding hydrogens is 256 g/mol. The van der Waals surface area contributed by atoms with Gasteiger partial charge in [-0.2, -0.15) is 0 Å². The molecule has 1 heterocycles. The van der Waals surface area contributed by atoms with Crippen molar-refractivity contribution in [2.24, 2.45) is 5.92 Å². The van der Waals surface area contributed by atoms with Crippen molar-refractivity contribution in [2.45, 2.75) is 39.2 Å². The molecule has 1 fully saturated rings. The van der Waals surface area contributed by atoms with Gasteiger partial charge in [0.2, 0.25) is 5.91 Å². The van der Waals surface area contributed by atoms with Gasteiger partial charge in [0, 0.05) is 25.6 Å². The monoisotopic (exact) mass is 278 g/mol. The summed E-state index contributed by atoms with van der Waals surface area (Å²) in [5.41, 5.74) is 0.555. The molecule has 0 aliphatic heterocycles. The zero-order valence-electron chi connectivity index (χ0n) is 12.1. The fourth-order valence-corrected chi connectivity index (χ4v) is 2.02. The Morgan fingerprint density at radius 2 is 2.20 bits per heavy atom. The molecule has 5 heteroatoms. The lowest BCUT2D eigenvalue weighted by Gasteiger charge is -2.21. The van der Waals surface area contributed by atoms with E-state index in [1.54, 1.807) is 11.0 Å². The van der Waals surface area contributed by atoms with E-state index in [0.29, 0.717) is 31.0 Å². The fourth-order valence-electron chi connectivity index (χ4n) is 2.02. The third-order valence-corrected chi connectivity index (χ3v) is 3.30. The quantitative estimate of drug-likeness (QED) is 0.830. The minimum absolute atomic E-state index is 0.00402. The highest BCUT2D eigenvalue weighted by molar-refractivity contribution is 5.94. The molecule has 1 aliphatic rings. The topological polar surface area (TPSA) is 62.6 Å². The van der Waals surface area contributed by atoms with Gasteiger partial charge in [0.1, 0.15) is 6.26 Å². The zero-order chi connectivity index (χ0) is 14.5. The van der Waals surface area contributed by atoms with Crippen molar-refractivity contribution in [3.05, 3.63) is 24.2 Å². The van der Waals surface area contributed by atoms with E-state index in [9.17, 15) is 9.59 Å². The molecule has 20 heavy (non-hydrogen) atoms. The van der Waals surface area contributed by atoms with Gasteiger partial charge in [0.25, 0.3) is 5.91 Å². The Hall–Kier alpha value is -1.78. The van der Waals surface area contributed by atoms with Gasteiger partial charge in [0.05, 0.1) is 11.8 Å². The van der Waals surface area contributed by atoms with Gasteiger partial charge in [-0.1, -0.05) is 13.8 Å². The maximum absolute atomic E-state index is 12.3.